The van der Waals surface area contributed by atoms with Gasteiger partial charge in [-0.3, -0.25) is 9.59 Å². The Morgan fingerprint density at radius 2 is 2.04 bits per heavy atom. The third kappa shape index (κ3) is 4.43. The van der Waals surface area contributed by atoms with Crippen LogP contribution in [-0.2, 0) is 4.79 Å². The number of amides is 1. The number of rotatable bonds is 7. The minimum Gasteiger partial charge on any atom is -0.351 e. The van der Waals surface area contributed by atoms with Crippen LogP contribution in [0.1, 0.15) is 47.0 Å². The molecule has 0 aliphatic heterocycles. The molecule has 25 heavy (non-hydrogen) atoms. The van der Waals surface area contributed by atoms with Crippen LogP contribution in [0, 0.1) is 0 Å². The number of hydrogen-bond donors (Lipinski definition) is 1. The van der Waals surface area contributed by atoms with Crippen LogP contribution in [-0.4, -0.2) is 34.4 Å². The van der Waals surface area contributed by atoms with Crippen molar-refractivity contribution in [3.05, 3.63) is 22.1 Å². The van der Waals surface area contributed by atoms with Gasteiger partial charge < -0.3 is 5.32 Å². The summed E-state index contributed by atoms with van der Waals surface area (Å²) in [6, 6.07) is 0. The van der Waals surface area contributed by atoms with Crippen LogP contribution in [0.3, 0.4) is 0 Å². The first-order valence-corrected chi connectivity index (χ1v) is 9.34. The number of alkyl halides is 3. The molecule has 0 aromatic carbocycles. The topological polar surface area (TPSA) is 72.0 Å². The fraction of sp³-hybridized carbons (Fsp3) is 0.467. The lowest BCUT2D eigenvalue weighted by Crippen LogP contribution is -2.28. The Balaban J connectivity index is 1.61. The molecule has 1 saturated carbocycles. The van der Waals surface area contributed by atoms with E-state index in [1.54, 1.807) is 6.20 Å². The Bertz CT molecular complexity index is 768. The van der Waals surface area contributed by atoms with Gasteiger partial charge in [-0.25, -0.2) is 9.97 Å². The van der Waals surface area contributed by atoms with Crippen LogP contribution in [0.4, 0.5) is 13.2 Å². The zero-order valence-corrected chi connectivity index (χ0v) is 14.6. The lowest BCUT2D eigenvalue weighted by Gasteiger charge is -2.06. The molecule has 1 N–H and O–H groups in total. The lowest BCUT2D eigenvalue weighted by atomic mass is 10.2. The Morgan fingerprint density at radius 3 is 2.64 bits per heavy atom. The van der Waals surface area contributed by atoms with Crippen molar-refractivity contribution in [3.8, 4) is 10.0 Å². The summed E-state index contributed by atoms with van der Waals surface area (Å²) in [5, 5.41) is 5.79. The van der Waals surface area contributed by atoms with E-state index in [-0.39, 0.29) is 13.0 Å². The standard InChI is InChI=1S/C15H14F3N3O2S2/c16-15(17,18)9(22)2-1-5-19-12(23)10-11(8-3-4-8)25-14(21-10)13-20-6-7-24-13/h6-8H,1-5H2,(H,19,23). The van der Waals surface area contributed by atoms with Gasteiger partial charge in [0.05, 0.1) is 0 Å². The molecule has 2 heterocycles. The van der Waals surface area contributed by atoms with Crippen molar-refractivity contribution < 1.29 is 22.8 Å². The van der Waals surface area contributed by atoms with E-state index < -0.39 is 24.3 Å². The molecule has 0 radical (unpaired) electrons. The van der Waals surface area contributed by atoms with Crippen molar-refractivity contribution in [2.24, 2.45) is 0 Å². The molecule has 0 atom stereocenters. The van der Waals surface area contributed by atoms with Crippen molar-refractivity contribution >= 4 is 34.4 Å². The normalized spacial score (nSPS) is 14.5. The molecule has 1 fully saturated rings. The molecule has 0 saturated heterocycles. The number of Topliss-reactive ketones (excluding diaryl/α,β-unsaturated/α-hetero) is 1. The fourth-order valence-electron chi connectivity index (χ4n) is 2.21. The molecule has 10 heteroatoms. The van der Waals surface area contributed by atoms with Gasteiger partial charge in [-0.15, -0.1) is 22.7 Å². The number of aromatic nitrogens is 2. The predicted octanol–water partition coefficient (Wildman–Crippen LogP) is 3.79. The number of nitrogens with one attached hydrogen (secondary N) is 1. The molecular formula is C15H14F3N3O2S2. The summed E-state index contributed by atoms with van der Waals surface area (Å²) in [5.74, 6) is -1.88. The quantitative estimate of drug-likeness (QED) is 0.732. The summed E-state index contributed by atoms with van der Waals surface area (Å²) in [5.41, 5.74) is 0.319. The van der Waals surface area contributed by atoms with Crippen molar-refractivity contribution in [1.82, 2.24) is 15.3 Å². The monoisotopic (exact) mass is 389 g/mol. The van der Waals surface area contributed by atoms with Gasteiger partial charge in [-0.1, -0.05) is 0 Å². The third-order valence-electron chi connectivity index (χ3n) is 3.61. The minimum atomic E-state index is -4.82. The van der Waals surface area contributed by atoms with Crippen LogP contribution in [0.5, 0.6) is 0 Å². The van der Waals surface area contributed by atoms with E-state index in [2.05, 4.69) is 15.3 Å². The van der Waals surface area contributed by atoms with E-state index in [4.69, 9.17) is 0 Å². The first-order chi connectivity index (χ1) is 11.9. The van der Waals surface area contributed by atoms with Crippen molar-refractivity contribution in [1.29, 1.82) is 0 Å². The first kappa shape index (κ1) is 18.0. The zero-order valence-electron chi connectivity index (χ0n) is 12.9. The average Bonchev–Trinajstić information content (AvgIpc) is 3.09. The molecule has 5 nitrogen and oxygen atoms in total. The highest BCUT2D eigenvalue weighted by molar-refractivity contribution is 7.20. The number of carbonyl (C=O) groups is 2. The number of thiazole rings is 2. The summed E-state index contributed by atoms with van der Waals surface area (Å²) in [6.07, 6.45) is -1.86. The third-order valence-corrected chi connectivity index (χ3v) is 5.75. The van der Waals surface area contributed by atoms with Crippen LogP contribution in [0.25, 0.3) is 10.0 Å². The van der Waals surface area contributed by atoms with E-state index >= 15 is 0 Å². The van der Waals surface area contributed by atoms with E-state index in [0.29, 0.717) is 16.6 Å². The van der Waals surface area contributed by atoms with Crippen LogP contribution in [0.15, 0.2) is 11.6 Å². The predicted molar refractivity (Wildman–Crippen MR) is 87.8 cm³/mol. The van der Waals surface area contributed by atoms with Gasteiger partial charge in [0.25, 0.3) is 5.91 Å². The largest absolute Gasteiger partial charge is 0.449 e. The number of carbonyl (C=O) groups excluding carboxylic acids is 2. The minimum absolute atomic E-state index is 0.00509. The van der Waals surface area contributed by atoms with Gasteiger partial charge in [0.2, 0.25) is 5.78 Å². The highest BCUT2D eigenvalue weighted by atomic mass is 32.1. The van der Waals surface area contributed by atoms with Gasteiger partial charge in [-0.2, -0.15) is 13.2 Å². The van der Waals surface area contributed by atoms with Crippen LogP contribution >= 0.6 is 22.7 Å². The molecule has 1 amide bonds. The number of nitrogens with zero attached hydrogens (tertiary/aromatic N) is 2. The second-order valence-corrected chi connectivity index (χ2v) is 7.55. The molecular weight excluding hydrogens is 375 g/mol. The summed E-state index contributed by atoms with van der Waals surface area (Å²) in [7, 11) is 0. The van der Waals surface area contributed by atoms with Crippen LogP contribution in [0.2, 0.25) is 0 Å². The van der Waals surface area contributed by atoms with Crippen molar-refractivity contribution in [2.75, 3.05) is 6.54 Å². The highest BCUT2D eigenvalue weighted by Crippen LogP contribution is 2.46. The molecule has 1 aliphatic carbocycles. The van der Waals surface area contributed by atoms with Crippen molar-refractivity contribution in [3.63, 3.8) is 0 Å². The zero-order chi connectivity index (χ0) is 18.0. The second-order valence-electron chi connectivity index (χ2n) is 5.62. The summed E-state index contributed by atoms with van der Waals surface area (Å²) < 4.78 is 36.4. The molecule has 1 aliphatic rings. The Morgan fingerprint density at radius 1 is 1.28 bits per heavy atom. The van der Waals surface area contributed by atoms with Gasteiger partial charge in [-0.05, 0) is 25.2 Å². The van der Waals surface area contributed by atoms with Crippen molar-refractivity contribution in [2.45, 2.75) is 37.8 Å². The molecule has 134 valence electrons. The molecule has 0 spiro atoms. The SMILES string of the molecule is O=C(NCCCC(=O)C(F)(F)F)c1nc(-c2nccs2)sc1C1CC1. The first-order valence-electron chi connectivity index (χ1n) is 7.65. The molecule has 3 rings (SSSR count). The number of halogens is 3. The van der Waals surface area contributed by atoms with E-state index in [9.17, 15) is 22.8 Å². The van der Waals surface area contributed by atoms with Gasteiger partial charge in [0.15, 0.2) is 10.0 Å². The lowest BCUT2D eigenvalue weighted by molar-refractivity contribution is -0.171. The summed E-state index contributed by atoms with van der Waals surface area (Å²) in [4.78, 5) is 32.6. The molecule has 0 unspecified atom stereocenters. The van der Waals surface area contributed by atoms with E-state index in [1.807, 2.05) is 5.38 Å². The second kappa shape index (κ2) is 7.20. The number of hydrogen-bond acceptors (Lipinski definition) is 6. The van der Waals surface area contributed by atoms with Gasteiger partial charge in [0.1, 0.15) is 5.69 Å². The van der Waals surface area contributed by atoms with E-state index in [0.717, 1.165) is 22.7 Å². The smallest absolute Gasteiger partial charge is 0.351 e. The maximum atomic E-state index is 12.3. The fourth-order valence-corrected chi connectivity index (χ4v) is 4.12. The Hall–Kier alpha value is -1.81. The number of ketones is 1. The molecule has 0 bridgehead atoms. The molecule has 2 aromatic rings. The summed E-state index contributed by atoms with van der Waals surface area (Å²) >= 11 is 2.87. The average molecular weight is 389 g/mol. The van der Waals surface area contributed by atoms with Gasteiger partial charge in [0, 0.05) is 29.4 Å². The van der Waals surface area contributed by atoms with Gasteiger partial charge >= 0.3 is 6.18 Å². The highest BCUT2D eigenvalue weighted by Gasteiger charge is 2.37. The molecule has 2 aromatic heterocycles. The maximum Gasteiger partial charge on any atom is 0.449 e. The van der Waals surface area contributed by atoms with Crippen LogP contribution < -0.4 is 5.32 Å². The maximum absolute atomic E-state index is 12.3. The Labute approximate surface area is 149 Å². The van der Waals surface area contributed by atoms with E-state index in [1.165, 1.54) is 22.7 Å². The summed E-state index contributed by atoms with van der Waals surface area (Å²) in [6.45, 7) is -0.00509. The Kier molecular flexibility index (Phi) is 5.19.